The van der Waals surface area contributed by atoms with Gasteiger partial charge in [-0.3, -0.25) is 9.67 Å². The van der Waals surface area contributed by atoms with Crippen LogP contribution in [-0.4, -0.2) is 25.9 Å². The van der Waals surface area contributed by atoms with Crippen molar-refractivity contribution in [2.24, 2.45) is 12.8 Å². The quantitative estimate of drug-likeness (QED) is 0.466. The zero-order valence-corrected chi connectivity index (χ0v) is 17.3. The van der Waals surface area contributed by atoms with Crippen LogP contribution in [-0.2, 0) is 13.6 Å². The van der Waals surface area contributed by atoms with Crippen LogP contribution in [0.5, 0.6) is 0 Å². The van der Waals surface area contributed by atoms with E-state index in [2.05, 4.69) is 46.2 Å². The van der Waals surface area contributed by atoms with E-state index in [1.54, 1.807) is 0 Å². The van der Waals surface area contributed by atoms with E-state index in [9.17, 15) is 5.26 Å². The molecule has 6 heteroatoms. The summed E-state index contributed by atoms with van der Waals surface area (Å²) >= 11 is 0. The minimum absolute atomic E-state index is 0.641. The largest absolute Gasteiger partial charge is 0.346 e. The van der Waals surface area contributed by atoms with E-state index in [-0.39, 0.29) is 0 Å². The van der Waals surface area contributed by atoms with Gasteiger partial charge >= 0.3 is 0 Å². The first-order valence-electron chi connectivity index (χ1n) is 10.3. The van der Waals surface area contributed by atoms with Crippen molar-refractivity contribution in [1.29, 1.82) is 5.26 Å². The van der Waals surface area contributed by atoms with E-state index >= 15 is 0 Å². The first-order valence-corrected chi connectivity index (χ1v) is 10.3. The summed E-state index contributed by atoms with van der Waals surface area (Å²) in [5.74, 6) is 0. The number of hydrogen-bond donors (Lipinski definition) is 1. The molecule has 0 unspecified atom stereocenters. The smallest absolute Gasteiger partial charge is 0.0991 e. The first-order chi connectivity index (χ1) is 15.2. The van der Waals surface area contributed by atoms with Crippen molar-refractivity contribution < 1.29 is 0 Å². The van der Waals surface area contributed by atoms with Crippen LogP contribution < -0.4 is 5.73 Å². The third kappa shape index (κ3) is 3.25. The van der Waals surface area contributed by atoms with Gasteiger partial charge in [0.1, 0.15) is 0 Å². The van der Waals surface area contributed by atoms with Gasteiger partial charge in [0, 0.05) is 41.7 Å². The fourth-order valence-corrected chi connectivity index (χ4v) is 4.15. The Kier molecular flexibility index (Phi) is 4.73. The molecule has 0 saturated carbocycles. The molecule has 6 nitrogen and oxygen atoms in total. The summed E-state index contributed by atoms with van der Waals surface area (Å²) in [6.45, 7) is 1.51. The molecule has 152 valence electrons. The lowest BCUT2D eigenvalue weighted by Crippen LogP contribution is -2.05. The third-order valence-electron chi connectivity index (χ3n) is 5.75. The van der Waals surface area contributed by atoms with Crippen LogP contribution in [0.15, 0.2) is 67.1 Å². The Hall–Kier alpha value is -3.95. The molecular formula is C25H22N6. The third-order valence-corrected chi connectivity index (χ3v) is 5.75. The Morgan fingerprint density at radius 3 is 2.58 bits per heavy atom. The molecule has 0 amide bonds. The Labute approximate surface area is 180 Å². The molecule has 31 heavy (non-hydrogen) atoms. The summed E-state index contributed by atoms with van der Waals surface area (Å²) in [6, 6.07) is 18.4. The van der Waals surface area contributed by atoms with E-state index < -0.39 is 0 Å². The maximum Gasteiger partial charge on any atom is 0.0991 e. The fraction of sp³-hybridized carbons (Fsp3) is 0.160. The Morgan fingerprint density at radius 1 is 1.00 bits per heavy atom. The van der Waals surface area contributed by atoms with Gasteiger partial charge in [0.15, 0.2) is 0 Å². The number of rotatable bonds is 5. The second-order valence-electron chi connectivity index (χ2n) is 7.66. The number of nitrogens with zero attached hydrogens (tertiary/aromatic N) is 5. The van der Waals surface area contributed by atoms with Crippen LogP contribution >= 0.6 is 0 Å². The summed E-state index contributed by atoms with van der Waals surface area (Å²) in [7, 11) is 1.94. The van der Waals surface area contributed by atoms with Crippen LogP contribution in [0.4, 0.5) is 0 Å². The topological polar surface area (TPSA) is 85.4 Å². The van der Waals surface area contributed by atoms with Crippen molar-refractivity contribution in [1.82, 2.24) is 19.3 Å². The van der Waals surface area contributed by atoms with Gasteiger partial charge in [0.2, 0.25) is 0 Å². The lowest BCUT2D eigenvalue weighted by molar-refractivity contribution is 0.670. The van der Waals surface area contributed by atoms with Crippen molar-refractivity contribution in [3.63, 3.8) is 0 Å². The number of aryl methyl sites for hydroxylation is 2. The molecule has 0 bridgehead atoms. The molecule has 5 aromatic rings. The summed E-state index contributed by atoms with van der Waals surface area (Å²) in [4.78, 5) is 4.91. The number of aromatic nitrogens is 4. The van der Waals surface area contributed by atoms with Crippen LogP contribution in [0.25, 0.3) is 44.2 Å². The number of hydrogen-bond acceptors (Lipinski definition) is 4. The van der Waals surface area contributed by atoms with Gasteiger partial charge in [-0.25, -0.2) is 0 Å². The predicted octanol–water partition coefficient (Wildman–Crippen LogP) is 4.48. The Balaban J connectivity index is 1.75. The molecule has 2 N–H and O–H groups in total. The van der Waals surface area contributed by atoms with Gasteiger partial charge in [-0.2, -0.15) is 10.4 Å². The van der Waals surface area contributed by atoms with E-state index in [4.69, 9.17) is 10.7 Å². The van der Waals surface area contributed by atoms with Crippen molar-refractivity contribution >= 4 is 21.8 Å². The fourth-order valence-electron chi connectivity index (χ4n) is 4.15. The van der Waals surface area contributed by atoms with E-state index in [1.165, 1.54) is 0 Å². The molecule has 0 saturated heterocycles. The average molecular weight is 406 g/mol. The molecule has 0 spiro atoms. The number of nitriles is 1. The van der Waals surface area contributed by atoms with Crippen molar-refractivity contribution in [2.45, 2.75) is 13.0 Å². The molecule has 2 aromatic carbocycles. The number of nitrogens with two attached hydrogens (primary N) is 1. The molecule has 3 heterocycles. The standard InChI is InChI=1S/C25H22N6/c1-30-22-8-7-19(13-20(22)15-29-30)25-24(18-5-3-17(14-27)4-6-18)21-9-12-31(11-2-10-26)23(21)16-28-25/h3-9,12-13,15-16H,2,10-11,26H2,1H3. The highest BCUT2D eigenvalue weighted by atomic mass is 15.2. The molecule has 3 aromatic heterocycles. The molecule has 0 radical (unpaired) electrons. The maximum absolute atomic E-state index is 9.21. The first kappa shape index (κ1) is 19.0. The monoisotopic (exact) mass is 406 g/mol. The van der Waals surface area contributed by atoms with E-state index in [0.29, 0.717) is 12.1 Å². The highest BCUT2D eigenvalue weighted by Gasteiger charge is 2.16. The van der Waals surface area contributed by atoms with Crippen LogP contribution in [0.2, 0.25) is 0 Å². The highest BCUT2D eigenvalue weighted by Crippen LogP contribution is 2.38. The van der Waals surface area contributed by atoms with Crippen molar-refractivity contribution in [2.75, 3.05) is 6.54 Å². The zero-order valence-electron chi connectivity index (χ0n) is 17.3. The van der Waals surface area contributed by atoms with Crippen LogP contribution in [0.1, 0.15) is 12.0 Å². The number of pyridine rings is 1. The summed E-state index contributed by atoms with van der Waals surface area (Å²) in [5.41, 5.74) is 12.6. The molecule has 0 fully saturated rings. The number of benzene rings is 2. The summed E-state index contributed by atoms with van der Waals surface area (Å²) in [5, 5.41) is 15.8. The van der Waals surface area contributed by atoms with Crippen LogP contribution in [0.3, 0.4) is 0 Å². The summed E-state index contributed by atoms with van der Waals surface area (Å²) < 4.78 is 4.07. The van der Waals surface area contributed by atoms with E-state index in [1.807, 2.05) is 48.4 Å². The maximum atomic E-state index is 9.21. The van der Waals surface area contributed by atoms with Crippen LogP contribution in [0, 0.1) is 11.3 Å². The second-order valence-corrected chi connectivity index (χ2v) is 7.66. The lowest BCUT2D eigenvalue weighted by atomic mass is 9.95. The van der Waals surface area contributed by atoms with Gasteiger partial charge in [0.05, 0.1) is 40.8 Å². The van der Waals surface area contributed by atoms with Crippen molar-refractivity contribution in [3.8, 4) is 28.5 Å². The predicted molar refractivity (Wildman–Crippen MR) is 123 cm³/mol. The van der Waals surface area contributed by atoms with Crippen molar-refractivity contribution in [3.05, 3.63) is 72.7 Å². The SMILES string of the molecule is Cn1ncc2cc(-c3ncc4c(ccn4CCCN)c3-c3ccc(C#N)cc3)ccc21. The normalized spacial score (nSPS) is 11.3. The van der Waals surface area contributed by atoms with Gasteiger partial charge in [-0.1, -0.05) is 18.2 Å². The highest BCUT2D eigenvalue weighted by molar-refractivity contribution is 6.02. The zero-order chi connectivity index (χ0) is 21.4. The van der Waals surface area contributed by atoms with Gasteiger partial charge in [-0.15, -0.1) is 0 Å². The molecule has 0 atom stereocenters. The molecule has 0 aliphatic carbocycles. The minimum atomic E-state index is 0.641. The Morgan fingerprint density at radius 2 is 1.81 bits per heavy atom. The van der Waals surface area contributed by atoms with Gasteiger partial charge < -0.3 is 10.3 Å². The minimum Gasteiger partial charge on any atom is -0.346 e. The van der Waals surface area contributed by atoms with Gasteiger partial charge in [-0.05, 0) is 48.9 Å². The summed E-state index contributed by atoms with van der Waals surface area (Å²) in [6.07, 6.45) is 6.84. The van der Waals surface area contributed by atoms with E-state index in [0.717, 1.165) is 57.2 Å². The molecule has 0 aliphatic heterocycles. The lowest BCUT2D eigenvalue weighted by Gasteiger charge is -2.13. The van der Waals surface area contributed by atoms with Gasteiger partial charge in [0.25, 0.3) is 0 Å². The number of fused-ring (bicyclic) bond motifs is 2. The second kappa shape index (κ2) is 7.71. The molecular weight excluding hydrogens is 384 g/mol. The molecule has 5 rings (SSSR count). The Bertz CT molecular complexity index is 1430. The average Bonchev–Trinajstić information content (AvgIpc) is 3.40. The molecule has 0 aliphatic rings.